The van der Waals surface area contributed by atoms with Gasteiger partial charge in [0.05, 0.1) is 17.4 Å². The maximum Gasteiger partial charge on any atom is 0.236 e. The van der Waals surface area contributed by atoms with E-state index in [1.54, 1.807) is 4.90 Å². The smallest absolute Gasteiger partial charge is 0.236 e. The van der Waals surface area contributed by atoms with Gasteiger partial charge in [-0.25, -0.2) is 0 Å². The Morgan fingerprint density at radius 2 is 2.44 bits per heavy atom. The molecular formula is C12H18ClN3OS. The summed E-state index contributed by atoms with van der Waals surface area (Å²) in [6.45, 7) is 2.83. The molecule has 2 N–H and O–H groups in total. The van der Waals surface area contributed by atoms with E-state index < -0.39 is 0 Å². The number of amides is 1. The summed E-state index contributed by atoms with van der Waals surface area (Å²) in [5, 5.41) is 0. The summed E-state index contributed by atoms with van der Waals surface area (Å²) in [7, 11) is 1.83. The van der Waals surface area contributed by atoms with Crippen molar-refractivity contribution in [2.24, 2.45) is 5.73 Å². The number of likely N-dealkylation sites (N-methyl/N-ethyl adjacent to an activating group) is 1. The van der Waals surface area contributed by atoms with E-state index in [2.05, 4.69) is 4.90 Å². The van der Waals surface area contributed by atoms with E-state index in [0.29, 0.717) is 13.1 Å². The van der Waals surface area contributed by atoms with Crippen LogP contribution in [0.3, 0.4) is 0 Å². The average molecular weight is 288 g/mol. The minimum atomic E-state index is 0.133. The van der Waals surface area contributed by atoms with Crippen molar-refractivity contribution >= 4 is 28.8 Å². The summed E-state index contributed by atoms with van der Waals surface area (Å²) in [4.78, 5) is 17.0. The van der Waals surface area contributed by atoms with Gasteiger partial charge in [0, 0.05) is 31.1 Å². The van der Waals surface area contributed by atoms with E-state index >= 15 is 0 Å². The monoisotopic (exact) mass is 287 g/mol. The summed E-state index contributed by atoms with van der Waals surface area (Å²) in [5.41, 5.74) is 5.82. The van der Waals surface area contributed by atoms with Crippen molar-refractivity contribution in [1.29, 1.82) is 0 Å². The highest BCUT2D eigenvalue weighted by Crippen LogP contribution is 2.22. The molecular weight excluding hydrogens is 270 g/mol. The Balaban J connectivity index is 1.81. The standard InChI is InChI=1S/C12H18ClN3OS/c1-15(7-10-2-3-11(13)18-10)12(17)8-16-5-4-9(14)6-16/h2-3,9H,4-8,14H2,1H3. The second-order valence-corrected chi connectivity index (χ2v) is 6.54. The summed E-state index contributed by atoms with van der Waals surface area (Å²) in [6.07, 6.45) is 0.984. The topological polar surface area (TPSA) is 49.6 Å². The number of rotatable bonds is 4. The number of hydrogen-bond acceptors (Lipinski definition) is 4. The molecule has 0 spiro atoms. The average Bonchev–Trinajstić information content (AvgIpc) is 2.88. The van der Waals surface area contributed by atoms with E-state index in [1.807, 2.05) is 19.2 Å². The maximum absolute atomic E-state index is 12.0. The molecule has 1 aromatic rings. The fourth-order valence-electron chi connectivity index (χ4n) is 2.08. The molecule has 0 aliphatic carbocycles. The van der Waals surface area contributed by atoms with Crippen molar-refractivity contribution in [2.45, 2.75) is 19.0 Å². The highest BCUT2D eigenvalue weighted by atomic mass is 35.5. The van der Waals surface area contributed by atoms with Crippen LogP contribution < -0.4 is 5.73 Å². The third-order valence-corrected chi connectivity index (χ3v) is 4.33. The summed E-state index contributed by atoms with van der Waals surface area (Å²) < 4.78 is 0.761. The summed E-state index contributed by atoms with van der Waals surface area (Å²) >= 11 is 7.38. The van der Waals surface area contributed by atoms with Crippen LogP contribution in [0.2, 0.25) is 4.34 Å². The van der Waals surface area contributed by atoms with Crippen LogP contribution >= 0.6 is 22.9 Å². The minimum absolute atomic E-state index is 0.133. The molecule has 1 atom stereocenters. The molecule has 100 valence electrons. The number of hydrogen-bond donors (Lipinski definition) is 1. The number of carbonyl (C=O) groups is 1. The maximum atomic E-state index is 12.0. The molecule has 0 saturated carbocycles. The van der Waals surface area contributed by atoms with E-state index in [9.17, 15) is 4.79 Å². The molecule has 1 aromatic heterocycles. The van der Waals surface area contributed by atoms with Crippen LogP contribution in [-0.4, -0.2) is 48.4 Å². The van der Waals surface area contributed by atoms with E-state index in [0.717, 1.165) is 28.7 Å². The van der Waals surface area contributed by atoms with Crippen LogP contribution in [0.15, 0.2) is 12.1 Å². The van der Waals surface area contributed by atoms with Crippen LogP contribution in [0.5, 0.6) is 0 Å². The highest BCUT2D eigenvalue weighted by Gasteiger charge is 2.22. The number of halogens is 1. The van der Waals surface area contributed by atoms with Crippen LogP contribution in [0.4, 0.5) is 0 Å². The second kappa shape index (κ2) is 6.02. The zero-order valence-corrected chi connectivity index (χ0v) is 12.0. The van der Waals surface area contributed by atoms with Crippen LogP contribution in [0, 0.1) is 0 Å². The SMILES string of the molecule is CN(Cc1ccc(Cl)s1)C(=O)CN1CCC(N)C1. The predicted molar refractivity (Wildman–Crippen MR) is 74.8 cm³/mol. The predicted octanol–water partition coefficient (Wildman–Crippen LogP) is 1.39. The van der Waals surface area contributed by atoms with Crippen molar-refractivity contribution in [2.75, 3.05) is 26.7 Å². The molecule has 1 fully saturated rings. The van der Waals surface area contributed by atoms with Gasteiger partial charge in [-0.3, -0.25) is 9.69 Å². The molecule has 1 amide bonds. The molecule has 0 radical (unpaired) electrons. The Labute approximate surface area is 116 Å². The van der Waals surface area contributed by atoms with Gasteiger partial charge in [-0.15, -0.1) is 11.3 Å². The van der Waals surface area contributed by atoms with Gasteiger partial charge >= 0.3 is 0 Å². The first-order valence-electron chi connectivity index (χ1n) is 6.00. The first-order valence-corrected chi connectivity index (χ1v) is 7.20. The fraction of sp³-hybridized carbons (Fsp3) is 0.583. The largest absolute Gasteiger partial charge is 0.340 e. The van der Waals surface area contributed by atoms with Crippen molar-refractivity contribution in [3.8, 4) is 0 Å². The summed E-state index contributed by atoms with van der Waals surface area (Å²) in [5.74, 6) is 0.133. The molecule has 1 saturated heterocycles. The number of thiophene rings is 1. The molecule has 6 heteroatoms. The number of likely N-dealkylation sites (tertiary alicyclic amines) is 1. The van der Waals surface area contributed by atoms with Crippen LogP contribution in [0.25, 0.3) is 0 Å². The number of nitrogens with two attached hydrogens (primary N) is 1. The van der Waals surface area contributed by atoms with E-state index in [4.69, 9.17) is 17.3 Å². The molecule has 1 unspecified atom stereocenters. The summed E-state index contributed by atoms with van der Waals surface area (Å²) in [6, 6.07) is 4.04. The Bertz CT molecular complexity index is 423. The van der Waals surface area contributed by atoms with Gasteiger partial charge in [0.25, 0.3) is 0 Å². The van der Waals surface area contributed by atoms with Gasteiger partial charge in [0.1, 0.15) is 0 Å². The lowest BCUT2D eigenvalue weighted by molar-refractivity contribution is -0.131. The lowest BCUT2D eigenvalue weighted by atomic mass is 10.3. The number of nitrogens with zero attached hydrogens (tertiary/aromatic N) is 2. The minimum Gasteiger partial charge on any atom is -0.340 e. The van der Waals surface area contributed by atoms with E-state index in [-0.39, 0.29) is 11.9 Å². The van der Waals surface area contributed by atoms with Crippen molar-refractivity contribution in [3.63, 3.8) is 0 Å². The van der Waals surface area contributed by atoms with Gasteiger partial charge in [-0.05, 0) is 18.6 Å². The third-order valence-electron chi connectivity index (χ3n) is 3.12. The Morgan fingerprint density at radius 3 is 3.00 bits per heavy atom. The Hall–Kier alpha value is -0.620. The molecule has 4 nitrogen and oxygen atoms in total. The lowest BCUT2D eigenvalue weighted by Crippen LogP contribution is -2.38. The lowest BCUT2D eigenvalue weighted by Gasteiger charge is -2.20. The molecule has 1 aliphatic rings. The Morgan fingerprint density at radius 1 is 1.67 bits per heavy atom. The van der Waals surface area contributed by atoms with Gasteiger partial charge in [-0.1, -0.05) is 11.6 Å². The van der Waals surface area contributed by atoms with Gasteiger partial charge in [0.15, 0.2) is 0 Å². The van der Waals surface area contributed by atoms with Crippen molar-refractivity contribution in [3.05, 3.63) is 21.3 Å². The zero-order valence-electron chi connectivity index (χ0n) is 10.4. The molecule has 18 heavy (non-hydrogen) atoms. The quantitative estimate of drug-likeness (QED) is 0.910. The molecule has 0 aromatic carbocycles. The Kier molecular flexibility index (Phi) is 4.61. The van der Waals surface area contributed by atoms with Gasteiger partial charge in [-0.2, -0.15) is 0 Å². The first-order chi connectivity index (χ1) is 8.54. The number of carbonyl (C=O) groups excluding carboxylic acids is 1. The second-order valence-electron chi connectivity index (χ2n) is 4.74. The highest BCUT2D eigenvalue weighted by molar-refractivity contribution is 7.16. The van der Waals surface area contributed by atoms with Gasteiger partial charge in [0.2, 0.25) is 5.91 Å². The molecule has 0 bridgehead atoms. The van der Waals surface area contributed by atoms with Crippen LogP contribution in [0.1, 0.15) is 11.3 Å². The van der Waals surface area contributed by atoms with E-state index in [1.165, 1.54) is 11.3 Å². The normalized spacial score (nSPS) is 20.3. The van der Waals surface area contributed by atoms with Crippen molar-refractivity contribution in [1.82, 2.24) is 9.80 Å². The van der Waals surface area contributed by atoms with Gasteiger partial charge < -0.3 is 10.6 Å². The fourth-order valence-corrected chi connectivity index (χ4v) is 3.22. The third kappa shape index (κ3) is 3.68. The molecule has 2 rings (SSSR count). The van der Waals surface area contributed by atoms with Crippen LogP contribution in [-0.2, 0) is 11.3 Å². The van der Waals surface area contributed by atoms with Crippen molar-refractivity contribution < 1.29 is 4.79 Å². The zero-order chi connectivity index (χ0) is 13.1. The molecule has 1 aliphatic heterocycles. The molecule has 2 heterocycles. The first kappa shape index (κ1) is 13.8.